The van der Waals surface area contributed by atoms with Gasteiger partial charge in [-0.25, -0.2) is 9.59 Å². The van der Waals surface area contributed by atoms with Gasteiger partial charge in [0.15, 0.2) is 5.84 Å². The highest BCUT2D eigenvalue weighted by molar-refractivity contribution is 6.02. The number of esters is 1. The Hall–Kier alpha value is -3.87. The summed E-state index contributed by atoms with van der Waals surface area (Å²) >= 11 is 0. The zero-order valence-electron chi connectivity index (χ0n) is 21.6. The molecule has 0 aliphatic carbocycles. The van der Waals surface area contributed by atoms with Gasteiger partial charge in [0, 0.05) is 37.4 Å². The summed E-state index contributed by atoms with van der Waals surface area (Å²) in [5.41, 5.74) is 7.03. The van der Waals surface area contributed by atoms with E-state index in [-0.39, 0.29) is 30.7 Å². The molecule has 13 heteroatoms. The molecular formula is C24H37N7O6. The average molecular weight is 520 g/mol. The molecule has 0 bridgehead atoms. The Morgan fingerprint density at radius 1 is 1.16 bits per heavy atom. The van der Waals surface area contributed by atoms with E-state index in [4.69, 9.17) is 15.3 Å². The molecule has 5 N–H and O–H groups in total. The molecule has 0 spiro atoms. The summed E-state index contributed by atoms with van der Waals surface area (Å²) in [5, 5.41) is 11.4. The molecule has 13 nitrogen and oxygen atoms in total. The summed E-state index contributed by atoms with van der Waals surface area (Å²) in [6, 6.07) is 5.50. The minimum Gasteiger partial charge on any atom is -0.466 e. The van der Waals surface area contributed by atoms with Gasteiger partial charge in [-0.1, -0.05) is 18.5 Å². The Kier molecular flexibility index (Phi) is 12.1. The maximum atomic E-state index is 12.8. The number of rotatable bonds is 13. The summed E-state index contributed by atoms with van der Waals surface area (Å²) in [6.07, 6.45) is 1.52. The fraction of sp³-hybridized carbons (Fsp3) is 0.542. The van der Waals surface area contributed by atoms with Crippen molar-refractivity contribution >= 4 is 35.5 Å². The van der Waals surface area contributed by atoms with Crippen molar-refractivity contribution in [3.05, 3.63) is 29.8 Å². The number of benzene rings is 1. The lowest BCUT2D eigenvalue weighted by Crippen LogP contribution is -2.46. The molecule has 1 fully saturated rings. The second-order valence-corrected chi connectivity index (χ2v) is 8.69. The van der Waals surface area contributed by atoms with E-state index in [1.165, 1.54) is 0 Å². The highest BCUT2D eigenvalue weighted by atomic mass is 16.7. The van der Waals surface area contributed by atoms with Crippen LogP contribution in [0, 0.1) is 0 Å². The van der Waals surface area contributed by atoms with Crippen LogP contribution in [0.25, 0.3) is 0 Å². The van der Waals surface area contributed by atoms with Gasteiger partial charge in [0.25, 0.3) is 0 Å². The number of nitrogens with two attached hydrogens (primary N) is 1. The second-order valence-electron chi connectivity index (χ2n) is 8.69. The largest absolute Gasteiger partial charge is 0.466 e. The van der Waals surface area contributed by atoms with Gasteiger partial charge < -0.3 is 36.2 Å². The van der Waals surface area contributed by atoms with Crippen molar-refractivity contribution in [3.63, 3.8) is 0 Å². The van der Waals surface area contributed by atoms with Crippen LogP contribution in [0.1, 0.15) is 38.2 Å². The van der Waals surface area contributed by atoms with E-state index < -0.39 is 18.2 Å². The molecule has 1 aromatic carbocycles. The molecule has 204 valence electrons. The Labute approximate surface area is 216 Å². The average Bonchev–Trinajstić information content (AvgIpc) is 3.22. The van der Waals surface area contributed by atoms with Crippen LogP contribution in [-0.4, -0.2) is 87.7 Å². The molecule has 1 aliphatic heterocycles. The van der Waals surface area contributed by atoms with Crippen molar-refractivity contribution in [1.29, 1.82) is 0 Å². The smallest absolute Gasteiger partial charge is 0.433 e. The van der Waals surface area contributed by atoms with Crippen LogP contribution in [0.2, 0.25) is 0 Å². The third-order valence-corrected chi connectivity index (χ3v) is 5.42. The van der Waals surface area contributed by atoms with Gasteiger partial charge in [0.05, 0.1) is 13.0 Å². The molecule has 0 unspecified atom stereocenters. The van der Waals surface area contributed by atoms with Crippen LogP contribution in [0.4, 0.5) is 15.3 Å². The topological polar surface area (TPSA) is 168 Å². The number of unbranched alkanes of at least 4 members (excludes halogenated alkanes) is 1. The molecule has 2 rings (SSSR count). The number of nitrogens with one attached hydrogen (secondary N) is 3. The number of nitrogens with zero attached hydrogens (tertiary/aromatic N) is 3. The van der Waals surface area contributed by atoms with E-state index in [1.807, 2.05) is 25.9 Å². The Balaban J connectivity index is 1.79. The van der Waals surface area contributed by atoms with Gasteiger partial charge in [-0.2, -0.15) is 0 Å². The third kappa shape index (κ3) is 10.3. The molecule has 37 heavy (non-hydrogen) atoms. The van der Waals surface area contributed by atoms with E-state index >= 15 is 0 Å². The lowest BCUT2D eigenvalue weighted by molar-refractivity contribution is -0.143. The first-order chi connectivity index (χ1) is 17.7. The van der Waals surface area contributed by atoms with Crippen LogP contribution in [-0.2, 0) is 19.2 Å². The van der Waals surface area contributed by atoms with Gasteiger partial charge >= 0.3 is 18.1 Å². The first-order valence-electron chi connectivity index (χ1n) is 12.3. The van der Waals surface area contributed by atoms with Gasteiger partial charge in [0.1, 0.15) is 6.04 Å². The molecule has 1 aromatic rings. The Morgan fingerprint density at radius 2 is 1.89 bits per heavy atom. The van der Waals surface area contributed by atoms with Gasteiger partial charge in [0.2, 0.25) is 5.91 Å². The summed E-state index contributed by atoms with van der Waals surface area (Å²) in [5.74, 6) is -0.616. The van der Waals surface area contributed by atoms with Crippen molar-refractivity contribution in [2.45, 2.75) is 38.6 Å². The quantitative estimate of drug-likeness (QED) is 0.0739. The molecular weight excluding hydrogens is 482 g/mol. The number of amides is 4. The second kappa shape index (κ2) is 15.3. The maximum Gasteiger partial charge on any atom is 0.433 e. The minimum atomic E-state index is -0.710. The predicted octanol–water partition coefficient (Wildman–Crippen LogP) is 0.733. The van der Waals surface area contributed by atoms with Crippen molar-refractivity contribution in [3.8, 4) is 0 Å². The molecule has 1 heterocycles. The molecule has 1 aliphatic rings. The number of hydrogen-bond donors (Lipinski definition) is 4. The molecule has 0 aromatic heterocycles. The number of urea groups is 1. The predicted molar refractivity (Wildman–Crippen MR) is 138 cm³/mol. The lowest BCUT2D eigenvalue weighted by Gasteiger charge is -2.18. The highest BCUT2D eigenvalue weighted by Gasteiger charge is 2.33. The molecule has 0 saturated carbocycles. The lowest BCUT2D eigenvalue weighted by atomic mass is 10.2. The number of hydrogen-bond acceptors (Lipinski definition) is 8. The van der Waals surface area contributed by atoms with Gasteiger partial charge in [-0.05, 0) is 51.2 Å². The van der Waals surface area contributed by atoms with Crippen LogP contribution in [0.3, 0.4) is 0 Å². The Morgan fingerprint density at radius 3 is 2.57 bits per heavy atom. The normalized spacial score (nSPS) is 15.5. The van der Waals surface area contributed by atoms with E-state index in [1.54, 1.807) is 29.2 Å². The van der Waals surface area contributed by atoms with Crippen molar-refractivity contribution in [2.75, 3.05) is 51.8 Å². The SMILES string of the molecule is CCCCOC(=O)CCNC(=O)N[C@H]1CCN(c2ccc(/C(N)=N/OC(=O)NCCN(C)C)cc2)C1=O. The summed E-state index contributed by atoms with van der Waals surface area (Å²) < 4.78 is 5.03. The van der Waals surface area contributed by atoms with E-state index in [9.17, 15) is 19.2 Å². The Bertz CT molecular complexity index is 951. The fourth-order valence-electron chi connectivity index (χ4n) is 3.33. The van der Waals surface area contributed by atoms with Crippen LogP contribution in [0.15, 0.2) is 29.4 Å². The fourth-order valence-corrected chi connectivity index (χ4v) is 3.33. The summed E-state index contributed by atoms with van der Waals surface area (Å²) in [4.78, 5) is 56.4. The molecule has 1 saturated heterocycles. The van der Waals surface area contributed by atoms with E-state index in [2.05, 4.69) is 21.1 Å². The molecule has 0 radical (unpaired) electrons. The number of likely N-dealkylation sites (N-methyl/N-ethyl adjacent to an activating group) is 1. The van der Waals surface area contributed by atoms with Gasteiger partial charge in [-0.15, -0.1) is 0 Å². The monoisotopic (exact) mass is 519 g/mol. The number of carbonyl (C=O) groups excluding carboxylic acids is 4. The van der Waals surface area contributed by atoms with E-state index in [0.717, 1.165) is 12.8 Å². The standard InChI is InChI=1S/C24H37N7O6/c1-4-5-16-36-20(32)10-12-26-23(34)28-19-11-14-31(22(19)33)18-8-6-17(7-9-18)21(25)29-37-24(35)27-13-15-30(2)3/h6-9,19H,4-5,10-16H2,1-3H3,(H2,25,29)(H,27,35)(H2,26,28,34)/t19-/m0/s1. The first-order valence-corrected chi connectivity index (χ1v) is 12.3. The van der Waals surface area contributed by atoms with Crippen LogP contribution < -0.4 is 26.6 Å². The minimum absolute atomic E-state index is 0.00696. The van der Waals surface area contributed by atoms with Crippen LogP contribution >= 0.6 is 0 Å². The van der Waals surface area contributed by atoms with Gasteiger partial charge in [-0.3, -0.25) is 14.4 Å². The number of anilines is 1. The highest BCUT2D eigenvalue weighted by Crippen LogP contribution is 2.22. The number of ether oxygens (including phenoxy) is 1. The van der Waals surface area contributed by atoms with Crippen molar-refractivity contribution < 1.29 is 28.8 Å². The number of carbonyl (C=O) groups is 4. The van der Waals surface area contributed by atoms with Crippen LogP contribution in [0.5, 0.6) is 0 Å². The summed E-state index contributed by atoms with van der Waals surface area (Å²) in [7, 11) is 3.77. The number of amidine groups is 1. The third-order valence-electron chi connectivity index (χ3n) is 5.42. The summed E-state index contributed by atoms with van der Waals surface area (Å²) in [6.45, 7) is 3.98. The molecule has 1 atom stereocenters. The van der Waals surface area contributed by atoms with Crippen molar-refractivity contribution in [2.24, 2.45) is 10.9 Å². The zero-order chi connectivity index (χ0) is 27.2. The first kappa shape index (κ1) is 29.4. The zero-order valence-corrected chi connectivity index (χ0v) is 21.6. The maximum absolute atomic E-state index is 12.8. The number of oxime groups is 1. The van der Waals surface area contributed by atoms with E-state index in [0.29, 0.717) is 43.9 Å². The van der Waals surface area contributed by atoms with Crippen molar-refractivity contribution in [1.82, 2.24) is 20.9 Å². The molecule has 4 amide bonds.